The van der Waals surface area contributed by atoms with E-state index < -0.39 is 0 Å². The van der Waals surface area contributed by atoms with E-state index in [2.05, 4.69) is 21.4 Å². The molecular formula is C19H19ClFN4PS. The Morgan fingerprint density at radius 2 is 2.07 bits per heavy atom. The lowest BCUT2D eigenvalue weighted by Gasteiger charge is -2.24. The van der Waals surface area contributed by atoms with E-state index in [-0.39, 0.29) is 11.9 Å². The summed E-state index contributed by atoms with van der Waals surface area (Å²) < 4.78 is 14.6. The molecule has 1 atom stereocenters. The molecule has 2 N–H and O–H groups in total. The number of hydrogen-bond donors (Lipinski definition) is 1. The maximum atomic E-state index is 14.6. The molecule has 3 rings (SSSR count). The zero-order valence-electron chi connectivity index (χ0n) is 14.8. The zero-order valence-corrected chi connectivity index (χ0v) is 17.2. The molecule has 1 aliphatic heterocycles. The first kappa shape index (κ1) is 20.0. The quantitative estimate of drug-likeness (QED) is 0.347. The summed E-state index contributed by atoms with van der Waals surface area (Å²) in [5.74, 6) is 0.327. The molecule has 0 aromatic heterocycles. The average Bonchev–Trinajstić information content (AvgIpc) is 2.61. The number of benzene rings is 2. The summed E-state index contributed by atoms with van der Waals surface area (Å²) in [7, 11) is 2.68. The molecule has 0 unspecified atom stereocenters. The Kier molecular flexibility index (Phi) is 6.66. The highest BCUT2D eigenvalue weighted by Gasteiger charge is 2.19. The SMILES string of the molecule is C=C[C@@H](N)CSc1cc(F)c(C2=NN=P2)cc1N(C)Cc1ccc(Cl)cc1. The van der Waals surface area contributed by atoms with E-state index in [9.17, 15) is 4.39 Å². The molecule has 140 valence electrons. The number of nitrogens with two attached hydrogens (primary N) is 1. The normalized spacial score (nSPS) is 14.3. The molecular weight excluding hydrogens is 402 g/mol. The van der Waals surface area contributed by atoms with Gasteiger partial charge in [0.15, 0.2) is 0 Å². The maximum Gasteiger partial charge on any atom is 0.144 e. The molecule has 0 bridgehead atoms. The fraction of sp³-hybridized carbons (Fsp3) is 0.211. The van der Waals surface area contributed by atoms with Crippen LogP contribution in [0.25, 0.3) is 0 Å². The fourth-order valence-corrected chi connectivity index (χ4v) is 4.17. The van der Waals surface area contributed by atoms with Gasteiger partial charge in [-0.1, -0.05) is 29.8 Å². The predicted octanol–water partition coefficient (Wildman–Crippen LogP) is 5.53. The first-order valence-corrected chi connectivity index (χ1v) is 10.5. The van der Waals surface area contributed by atoms with Crippen molar-refractivity contribution in [2.75, 3.05) is 17.7 Å². The summed E-state index contributed by atoms with van der Waals surface area (Å²) in [5, 5.41) is 4.63. The van der Waals surface area contributed by atoms with E-state index >= 15 is 0 Å². The summed E-state index contributed by atoms with van der Waals surface area (Å²) in [6, 6.07) is 10.9. The van der Waals surface area contributed by atoms with Crippen LogP contribution in [0.15, 0.2) is 63.9 Å². The van der Waals surface area contributed by atoms with Crippen LogP contribution >= 0.6 is 31.7 Å². The number of halogens is 2. The zero-order chi connectivity index (χ0) is 19.4. The van der Waals surface area contributed by atoms with E-state index in [1.54, 1.807) is 12.1 Å². The Hall–Kier alpha value is -1.72. The summed E-state index contributed by atoms with van der Waals surface area (Å²) in [6.45, 7) is 4.37. The molecule has 2 aromatic rings. The molecule has 0 saturated heterocycles. The Bertz CT molecular complexity index is 901. The van der Waals surface area contributed by atoms with Gasteiger partial charge in [-0.3, -0.25) is 0 Å². The van der Waals surface area contributed by atoms with Crippen LogP contribution in [0.4, 0.5) is 10.1 Å². The topological polar surface area (TPSA) is 54.0 Å². The molecule has 0 aliphatic carbocycles. The van der Waals surface area contributed by atoms with Crippen molar-refractivity contribution in [1.82, 2.24) is 0 Å². The first-order chi connectivity index (χ1) is 13.0. The molecule has 0 amide bonds. The minimum Gasteiger partial charge on any atom is -0.369 e. The van der Waals surface area contributed by atoms with Crippen molar-refractivity contribution in [2.24, 2.45) is 15.7 Å². The number of hydrogen-bond acceptors (Lipinski definition) is 5. The second-order valence-electron chi connectivity index (χ2n) is 6.11. The molecule has 2 aromatic carbocycles. The molecule has 0 fully saturated rings. The fourth-order valence-electron chi connectivity index (χ4n) is 2.53. The minimum absolute atomic E-state index is 0.152. The Labute approximate surface area is 169 Å². The van der Waals surface area contributed by atoms with Gasteiger partial charge < -0.3 is 10.6 Å². The number of nitrogens with zero attached hydrogens (tertiary/aromatic N) is 3. The molecule has 4 nitrogen and oxygen atoms in total. The molecule has 8 heteroatoms. The molecule has 1 heterocycles. The van der Waals surface area contributed by atoms with Crippen molar-refractivity contribution >= 4 is 42.9 Å². The Morgan fingerprint density at radius 1 is 1.37 bits per heavy atom. The second-order valence-corrected chi connectivity index (χ2v) is 8.41. The van der Waals surface area contributed by atoms with Crippen LogP contribution in [0.1, 0.15) is 11.1 Å². The van der Waals surface area contributed by atoms with Gasteiger partial charge in [-0.05, 0) is 29.8 Å². The maximum absolute atomic E-state index is 14.6. The molecule has 0 radical (unpaired) electrons. The third-order valence-corrected chi connectivity index (χ3v) is 6.19. The Balaban J connectivity index is 1.90. The van der Waals surface area contributed by atoms with Crippen molar-refractivity contribution in [2.45, 2.75) is 17.5 Å². The highest BCUT2D eigenvalue weighted by molar-refractivity contribution is 7.99. The largest absolute Gasteiger partial charge is 0.369 e. The van der Waals surface area contributed by atoms with Gasteiger partial charge in [0.25, 0.3) is 0 Å². The van der Waals surface area contributed by atoms with Crippen molar-refractivity contribution in [3.05, 3.63) is 71.0 Å². The van der Waals surface area contributed by atoms with Crippen LogP contribution in [0.5, 0.6) is 0 Å². The number of thioether (sulfide) groups is 1. The third kappa shape index (κ3) is 4.96. The van der Waals surface area contributed by atoms with E-state index in [4.69, 9.17) is 17.3 Å². The van der Waals surface area contributed by atoms with Crippen LogP contribution in [-0.4, -0.2) is 24.3 Å². The van der Waals surface area contributed by atoms with E-state index in [0.717, 1.165) is 16.1 Å². The summed E-state index contributed by atoms with van der Waals surface area (Å²) in [6.07, 6.45) is 1.69. The van der Waals surface area contributed by atoms with Gasteiger partial charge in [0, 0.05) is 40.9 Å². The summed E-state index contributed by atoms with van der Waals surface area (Å²) in [4.78, 5) is 6.71. The second kappa shape index (κ2) is 8.98. The first-order valence-electron chi connectivity index (χ1n) is 8.27. The van der Waals surface area contributed by atoms with Crippen molar-refractivity contribution < 1.29 is 4.39 Å². The monoisotopic (exact) mass is 420 g/mol. The molecule has 27 heavy (non-hydrogen) atoms. The number of anilines is 1. The molecule has 0 saturated carbocycles. The van der Waals surface area contributed by atoms with Crippen LogP contribution in [0.2, 0.25) is 5.02 Å². The van der Waals surface area contributed by atoms with Gasteiger partial charge in [-0.25, -0.2) is 4.39 Å². The lowest BCUT2D eigenvalue weighted by Crippen LogP contribution is -2.21. The highest BCUT2D eigenvalue weighted by Crippen LogP contribution is 2.36. The lowest BCUT2D eigenvalue weighted by molar-refractivity contribution is 0.621. The van der Waals surface area contributed by atoms with E-state index in [1.807, 2.05) is 37.4 Å². The van der Waals surface area contributed by atoms with E-state index in [1.165, 1.54) is 11.8 Å². The average molecular weight is 421 g/mol. The van der Waals surface area contributed by atoms with Crippen molar-refractivity contribution in [3.63, 3.8) is 0 Å². The van der Waals surface area contributed by atoms with Gasteiger partial charge >= 0.3 is 0 Å². The van der Waals surface area contributed by atoms with E-state index in [0.29, 0.717) is 36.7 Å². The molecule has 1 aliphatic rings. The van der Waals surface area contributed by atoms with Gasteiger partial charge in [0.2, 0.25) is 0 Å². The minimum atomic E-state index is -0.297. The van der Waals surface area contributed by atoms with Gasteiger partial charge in [0.05, 0.1) is 14.1 Å². The summed E-state index contributed by atoms with van der Waals surface area (Å²) >= 11 is 7.49. The highest BCUT2D eigenvalue weighted by atomic mass is 35.5. The third-order valence-electron chi connectivity index (χ3n) is 4.05. The lowest BCUT2D eigenvalue weighted by atomic mass is 10.1. The smallest absolute Gasteiger partial charge is 0.144 e. The predicted molar refractivity (Wildman–Crippen MR) is 115 cm³/mol. The van der Waals surface area contributed by atoms with Crippen LogP contribution in [-0.2, 0) is 6.54 Å². The van der Waals surface area contributed by atoms with Crippen LogP contribution in [0, 0.1) is 5.82 Å². The molecule has 0 spiro atoms. The van der Waals surface area contributed by atoms with Crippen molar-refractivity contribution in [3.8, 4) is 0 Å². The van der Waals surface area contributed by atoms with Crippen LogP contribution < -0.4 is 10.6 Å². The summed E-state index contributed by atoms with van der Waals surface area (Å²) in [5.41, 5.74) is 9.11. The van der Waals surface area contributed by atoms with Gasteiger partial charge in [-0.15, -0.1) is 28.3 Å². The number of rotatable bonds is 8. The van der Waals surface area contributed by atoms with Crippen molar-refractivity contribution in [1.29, 1.82) is 0 Å². The Morgan fingerprint density at radius 3 is 2.67 bits per heavy atom. The standard InChI is InChI=1S/C19H19ClFN4PS/c1-3-14(22)11-27-18-9-16(21)15(19-23-24-26-19)8-17(18)25(2)10-12-4-6-13(20)7-5-12/h3-9,14H,1,10-11,22H2,2H3/t14-/m1/s1. The van der Waals surface area contributed by atoms with Gasteiger partial charge in [0.1, 0.15) is 11.3 Å². The van der Waals surface area contributed by atoms with Crippen LogP contribution in [0.3, 0.4) is 0 Å². The van der Waals surface area contributed by atoms with Gasteiger partial charge in [-0.2, -0.15) is 0 Å².